The van der Waals surface area contributed by atoms with Crippen LogP contribution in [0.4, 0.5) is 0 Å². The van der Waals surface area contributed by atoms with Crippen molar-refractivity contribution < 1.29 is 18.8 Å². The van der Waals surface area contributed by atoms with E-state index in [9.17, 15) is 10.1 Å². The maximum Gasteiger partial charge on any atom is 0.319 e. The van der Waals surface area contributed by atoms with Crippen LogP contribution < -0.4 is 4.74 Å². The number of ether oxygens (including phenoxy) is 2. The number of nitrogens with zero attached hydrogens (tertiary/aromatic N) is 4. The zero-order chi connectivity index (χ0) is 24.6. The number of hydrogen-bond acceptors (Lipinski definition) is 8. The lowest BCUT2D eigenvalue weighted by molar-refractivity contribution is -0.141. The monoisotopic (exact) mass is 472 g/mol. The van der Waals surface area contributed by atoms with Crippen molar-refractivity contribution in [2.24, 2.45) is 0 Å². The molecule has 1 aromatic heterocycles. The van der Waals surface area contributed by atoms with E-state index in [1.165, 1.54) is 18.2 Å². The second kappa shape index (κ2) is 9.16. The number of aromatic nitrogens is 2. The van der Waals surface area contributed by atoms with Crippen molar-refractivity contribution in [3.63, 3.8) is 0 Å². The summed E-state index contributed by atoms with van der Waals surface area (Å²) >= 11 is 0. The molecule has 2 aliphatic rings. The normalized spacial score (nSPS) is 19.2. The summed E-state index contributed by atoms with van der Waals surface area (Å²) in [5, 5.41) is 13.8. The van der Waals surface area contributed by atoms with Crippen LogP contribution in [0.1, 0.15) is 43.4 Å². The Hall–Kier alpha value is -3.70. The van der Waals surface area contributed by atoms with Gasteiger partial charge in [-0.05, 0) is 69.0 Å². The molecule has 8 nitrogen and oxygen atoms in total. The van der Waals surface area contributed by atoms with Gasteiger partial charge in [-0.1, -0.05) is 23.4 Å². The molecule has 0 radical (unpaired) electrons. The number of nitriles is 1. The SMILES string of the molecule is COC(=O)CN1CCC2(CCc3c(-c4noc(-c5ccc(OC(C)C)c(C#N)c5)n4)cccc32)C1. The van der Waals surface area contributed by atoms with Gasteiger partial charge in [0.05, 0.1) is 25.3 Å². The first kappa shape index (κ1) is 23.1. The molecule has 1 aliphatic heterocycles. The van der Waals surface area contributed by atoms with Crippen LogP contribution in [0.5, 0.6) is 5.75 Å². The smallest absolute Gasteiger partial charge is 0.319 e. The minimum absolute atomic E-state index is 0.0289. The summed E-state index contributed by atoms with van der Waals surface area (Å²) < 4.78 is 16.2. The van der Waals surface area contributed by atoms with E-state index in [0.29, 0.717) is 35.1 Å². The standard InChI is InChI=1S/C27H28N4O4/c1-17(2)34-23-8-7-18(13-19(23)14-28)26-29-25(30-35-26)21-5-4-6-22-20(21)9-10-27(22)11-12-31(16-27)15-24(32)33-3/h4-8,13,17H,9-12,15-16H2,1-3H3. The van der Waals surface area contributed by atoms with Gasteiger partial charge in [0.1, 0.15) is 11.8 Å². The van der Waals surface area contributed by atoms with Crippen LogP contribution in [-0.4, -0.2) is 53.9 Å². The van der Waals surface area contributed by atoms with Gasteiger partial charge in [-0.15, -0.1) is 0 Å². The highest BCUT2D eigenvalue weighted by molar-refractivity contribution is 5.72. The van der Waals surface area contributed by atoms with E-state index in [1.54, 1.807) is 12.1 Å². The van der Waals surface area contributed by atoms with Crippen LogP contribution in [0.2, 0.25) is 0 Å². The molecule has 2 heterocycles. The summed E-state index contributed by atoms with van der Waals surface area (Å²) in [5.74, 6) is 1.24. The van der Waals surface area contributed by atoms with E-state index in [1.807, 2.05) is 32.0 Å². The first-order valence-corrected chi connectivity index (χ1v) is 11.9. The quantitative estimate of drug-likeness (QED) is 0.494. The minimum atomic E-state index is -0.197. The van der Waals surface area contributed by atoms with Crippen LogP contribution in [0.25, 0.3) is 22.8 Å². The van der Waals surface area contributed by atoms with Crippen molar-refractivity contribution in [2.75, 3.05) is 26.7 Å². The van der Waals surface area contributed by atoms with E-state index in [4.69, 9.17) is 14.0 Å². The summed E-state index contributed by atoms with van der Waals surface area (Å²) in [4.78, 5) is 18.6. The zero-order valence-electron chi connectivity index (χ0n) is 20.2. The lowest BCUT2D eigenvalue weighted by Gasteiger charge is -2.25. The maximum absolute atomic E-state index is 11.8. The molecule has 0 saturated carbocycles. The van der Waals surface area contributed by atoms with Gasteiger partial charge >= 0.3 is 5.97 Å². The molecule has 0 bridgehead atoms. The fraction of sp³-hybridized carbons (Fsp3) is 0.407. The molecular formula is C27H28N4O4. The lowest BCUT2D eigenvalue weighted by atomic mass is 9.81. The van der Waals surface area contributed by atoms with Gasteiger partial charge < -0.3 is 14.0 Å². The number of fused-ring (bicyclic) bond motifs is 2. The molecule has 1 saturated heterocycles. The van der Waals surface area contributed by atoms with Gasteiger partial charge in [-0.3, -0.25) is 9.69 Å². The van der Waals surface area contributed by atoms with Crippen LogP contribution in [-0.2, 0) is 21.4 Å². The molecule has 180 valence electrons. The maximum atomic E-state index is 11.8. The highest BCUT2D eigenvalue weighted by atomic mass is 16.5. The van der Waals surface area contributed by atoms with E-state index >= 15 is 0 Å². The second-order valence-corrected chi connectivity index (χ2v) is 9.56. The van der Waals surface area contributed by atoms with Crippen molar-refractivity contribution >= 4 is 5.97 Å². The third kappa shape index (κ3) is 4.28. The van der Waals surface area contributed by atoms with Gasteiger partial charge in [0.25, 0.3) is 5.89 Å². The summed E-state index contributed by atoms with van der Waals surface area (Å²) in [6.45, 7) is 5.89. The van der Waals surface area contributed by atoms with Crippen molar-refractivity contribution in [3.8, 4) is 34.7 Å². The number of esters is 1. The number of carbonyl (C=O) groups excluding carboxylic acids is 1. The largest absolute Gasteiger partial charge is 0.490 e. The average Bonchev–Trinajstić information content (AvgIpc) is 3.59. The Labute approximate surface area is 204 Å². The van der Waals surface area contributed by atoms with Crippen LogP contribution in [0.3, 0.4) is 0 Å². The third-order valence-electron chi connectivity index (χ3n) is 6.99. The summed E-state index contributed by atoms with van der Waals surface area (Å²) in [6, 6.07) is 13.8. The molecule has 1 atom stereocenters. The Morgan fingerprint density at radius 2 is 2.14 bits per heavy atom. The molecule has 3 aromatic rings. The topological polar surface area (TPSA) is 101 Å². The number of hydrogen-bond donors (Lipinski definition) is 0. The third-order valence-corrected chi connectivity index (χ3v) is 6.99. The van der Waals surface area contributed by atoms with Crippen molar-refractivity contribution in [1.29, 1.82) is 5.26 Å². The van der Waals surface area contributed by atoms with Crippen molar-refractivity contribution in [2.45, 2.75) is 44.6 Å². The lowest BCUT2D eigenvalue weighted by Crippen LogP contribution is -2.32. The van der Waals surface area contributed by atoms with E-state index in [2.05, 4.69) is 27.2 Å². The molecule has 8 heteroatoms. The first-order chi connectivity index (χ1) is 16.9. The molecule has 2 aromatic carbocycles. The zero-order valence-corrected chi connectivity index (χ0v) is 20.2. The second-order valence-electron chi connectivity index (χ2n) is 9.56. The Balaban J connectivity index is 1.42. The van der Waals surface area contributed by atoms with Crippen molar-refractivity contribution in [3.05, 3.63) is 53.1 Å². The van der Waals surface area contributed by atoms with E-state index in [-0.39, 0.29) is 17.5 Å². The fourth-order valence-electron chi connectivity index (χ4n) is 5.38. The number of carbonyl (C=O) groups is 1. The highest BCUT2D eigenvalue weighted by Crippen LogP contribution is 2.48. The summed E-state index contributed by atoms with van der Waals surface area (Å²) in [5.41, 5.74) is 4.68. The minimum Gasteiger partial charge on any atom is -0.490 e. The molecule has 35 heavy (non-hydrogen) atoms. The summed E-state index contributed by atoms with van der Waals surface area (Å²) in [6.07, 6.45) is 2.95. The van der Waals surface area contributed by atoms with Gasteiger partial charge in [-0.2, -0.15) is 10.2 Å². The Bertz CT molecular complexity index is 1310. The van der Waals surface area contributed by atoms with Crippen LogP contribution in [0.15, 0.2) is 40.9 Å². The molecule has 5 rings (SSSR count). The van der Waals surface area contributed by atoms with Gasteiger partial charge in [0.15, 0.2) is 0 Å². The number of rotatable bonds is 6. The van der Waals surface area contributed by atoms with Gasteiger partial charge in [0, 0.05) is 23.1 Å². The molecule has 1 unspecified atom stereocenters. The fourth-order valence-corrected chi connectivity index (χ4v) is 5.38. The highest BCUT2D eigenvalue weighted by Gasteiger charge is 2.45. The Kier molecular flexibility index (Phi) is 6.03. The van der Waals surface area contributed by atoms with Gasteiger partial charge in [-0.25, -0.2) is 0 Å². The predicted molar refractivity (Wildman–Crippen MR) is 129 cm³/mol. The van der Waals surface area contributed by atoms with E-state index in [0.717, 1.165) is 37.9 Å². The molecule has 0 amide bonds. The predicted octanol–water partition coefficient (Wildman–Crippen LogP) is 4.13. The van der Waals surface area contributed by atoms with Gasteiger partial charge in [0.2, 0.25) is 5.82 Å². The molecule has 1 aliphatic carbocycles. The number of likely N-dealkylation sites (tertiary alicyclic amines) is 1. The first-order valence-electron chi connectivity index (χ1n) is 11.9. The summed E-state index contributed by atoms with van der Waals surface area (Å²) in [7, 11) is 1.43. The Morgan fingerprint density at radius 3 is 2.91 bits per heavy atom. The van der Waals surface area contributed by atoms with E-state index < -0.39 is 0 Å². The Morgan fingerprint density at radius 1 is 1.29 bits per heavy atom. The van der Waals surface area contributed by atoms with Crippen LogP contribution in [0, 0.1) is 11.3 Å². The van der Waals surface area contributed by atoms with Crippen molar-refractivity contribution in [1.82, 2.24) is 15.0 Å². The molecule has 1 fully saturated rings. The van der Waals surface area contributed by atoms with Crippen LogP contribution >= 0.6 is 0 Å². The number of methoxy groups -OCH3 is 1. The molecule has 0 N–H and O–H groups in total. The number of benzene rings is 2. The average molecular weight is 473 g/mol. The molecular weight excluding hydrogens is 444 g/mol. The molecule has 1 spiro atoms.